The van der Waals surface area contributed by atoms with Gasteiger partial charge >= 0.3 is 0 Å². The molecule has 194 valence electrons. The van der Waals surface area contributed by atoms with Crippen molar-refractivity contribution < 1.29 is 9.53 Å². The maximum Gasteiger partial charge on any atom is 0.225 e. The molecular formula is C30H32N6O2. The molecule has 6 rings (SSSR count). The van der Waals surface area contributed by atoms with Crippen molar-refractivity contribution in [2.24, 2.45) is 5.92 Å². The molecule has 1 aliphatic heterocycles. The van der Waals surface area contributed by atoms with Crippen LogP contribution < -0.4 is 4.90 Å². The average Bonchev–Trinajstić information content (AvgIpc) is 3.88. The van der Waals surface area contributed by atoms with Gasteiger partial charge in [0, 0.05) is 49.8 Å². The lowest BCUT2D eigenvalue weighted by molar-refractivity contribution is -0.135. The number of nitrogens with zero attached hydrogens (tertiary/aromatic N) is 6. The molecule has 1 saturated heterocycles. The highest BCUT2D eigenvalue weighted by atomic mass is 16.5. The normalized spacial score (nSPS) is 19.4. The van der Waals surface area contributed by atoms with E-state index in [-0.39, 0.29) is 11.9 Å². The minimum Gasteiger partial charge on any atom is -0.384 e. The highest BCUT2D eigenvalue weighted by Crippen LogP contribution is 2.46. The number of piperazine rings is 1. The molecule has 3 aromatic heterocycles. The number of nitriles is 1. The molecule has 3 aliphatic rings. The molecule has 0 N–H and O–H groups in total. The molecule has 3 fully saturated rings. The Morgan fingerprint density at radius 1 is 1.21 bits per heavy atom. The van der Waals surface area contributed by atoms with E-state index in [1.165, 1.54) is 0 Å². The van der Waals surface area contributed by atoms with E-state index in [4.69, 9.17) is 9.72 Å². The first kappa shape index (κ1) is 24.5. The van der Waals surface area contributed by atoms with Crippen molar-refractivity contribution in [2.45, 2.75) is 44.1 Å². The Kier molecular flexibility index (Phi) is 6.54. The number of aromatic nitrogens is 3. The maximum atomic E-state index is 12.9. The minimum absolute atomic E-state index is 0.149. The number of hydrogen-bond donors (Lipinski definition) is 0. The summed E-state index contributed by atoms with van der Waals surface area (Å²) >= 11 is 0. The van der Waals surface area contributed by atoms with Gasteiger partial charge < -0.3 is 14.5 Å². The molecule has 0 radical (unpaired) electrons. The number of methoxy groups -OCH3 is 1. The van der Waals surface area contributed by atoms with Gasteiger partial charge in [0.1, 0.15) is 11.9 Å². The van der Waals surface area contributed by atoms with E-state index >= 15 is 0 Å². The summed E-state index contributed by atoms with van der Waals surface area (Å²) in [5.41, 5.74) is 4.96. The first-order valence-corrected chi connectivity index (χ1v) is 13.5. The lowest BCUT2D eigenvalue weighted by atomic mass is 9.96. The molecule has 1 amide bonds. The highest BCUT2D eigenvalue weighted by Gasteiger charge is 2.41. The van der Waals surface area contributed by atoms with E-state index in [0.717, 1.165) is 59.4 Å². The van der Waals surface area contributed by atoms with Crippen molar-refractivity contribution in [2.75, 3.05) is 38.3 Å². The van der Waals surface area contributed by atoms with Gasteiger partial charge in [-0.3, -0.25) is 4.79 Å². The Balaban J connectivity index is 1.40. The zero-order chi connectivity index (χ0) is 26.2. The molecule has 4 heterocycles. The molecule has 0 bridgehead atoms. The summed E-state index contributed by atoms with van der Waals surface area (Å²) in [6, 6.07) is 10.5. The average molecular weight is 509 g/mol. The van der Waals surface area contributed by atoms with Gasteiger partial charge in [0.15, 0.2) is 5.65 Å². The summed E-state index contributed by atoms with van der Waals surface area (Å²) < 4.78 is 5.15. The van der Waals surface area contributed by atoms with Crippen LogP contribution in [0, 0.1) is 17.2 Å². The predicted octanol–water partition coefficient (Wildman–Crippen LogP) is 4.55. The molecular weight excluding hydrogens is 476 g/mol. The van der Waals surface area contributed by atoms with Gasteiger partial charge in [-0.15, -0.1) is 0 Å². The lowest BCUT2D eigenvalue weighted by Gasteiger charge is -2.42. The third kappa shape index (κ3) is 4.63. The third-order valence-electron chi connectivity index (χ3n) is 7.94. The molecule has 0 unspecified atom stereocenters. The van der Waals surface area contributed by atoms with Crippen LogP contribution in [0.1, 0.15) is 55.0 Å². The third-order valence-corrected chi connectivity index (χ3v) is 7.94. The number of rotatable bonds is 8. The Labute approximate surface area is 223 Å². The summed E-state index contributed by atoms with van der Waals surface area (Å²) in [5, 5.41) is 11.2. The Morgan fingerprint density at radius 2 is 2.05 bits per heavy atom. The number of pyridine rings is 3. The fraction of sp³-hybridized carbons (Fsp3) is 0.433. The fourth-order valence-corrected chi connectivity index (χ4v) is 5.66. The van der Waals surface area contributed by atoms with Crippen LogP contribution in [-0.2, 0) is 9.53 Å². The molecule has 1 atom stereocenters. The Bertz CT molecular complexity index is 1440. The smallest absolute Gasteiger partial charge is 0.225 e. The van der Waals surface area contributed by atoms with Gasteiger partial charge in [-0.25, -0.2) is 15.0 Å². The van der Waals surface area contributed by atoms with Crippen molar-refractivity contribution in [3.8, 4) is 17.2 Å². The molecule has 2 aliphatic carbocycles. The van der Waals surface area contributed by atoms with Gasteiger partial charge in [-0.2, -0.15) is 5.26 Å². The number of amides is 1. The summed E-state index contributed by atoms with van der Waals surface area (Å²) in [5.74, 6) is 1.79. The summed E-state index contributed by atoms with van der Waals surface area (Å²) in [6.07, 6.45) is 8.35. The van der Waals surface area contributed by atoms with Crippen LogP contribution in [0.3, 0.4) is 0 Å². The molecule has 3 aromatic rings. The highest BCUT2D eigenvalue weighted by molar-refractivity contribution is 5.95. The number of hydrogen-bond acceptors (Lipinski definition) is 7. The molecule has 0 aromatic carbocycles. The van der Waals surface area contributed by atoms with E-state index in [2.05, 4.69) is 27.5 Å². The number of fused-ring (bicyclic) bond motifs is 1. The zero-order valence-corrected chi connectivity index (χ0v) is 21.8. The first-order valence-electron chi connectivity index (χ1n) is 13.5. The fourth-order valence-electron chi connectivity index (χ4n) is 5.66. The van der Waals surface area contributed by atoms with Crippen molar-refractivity contribution in [1.82, 2.24) is 19.9 Å². The number of carbonyl (C=O) groups excluding carboxylic acids is 1. The number of ether oxygens (including phenoxy) is 1. The Hall–Kier alpha value is -3.83. The zero-order valence-electron chi connectivity index (χ0n) is 21.8. The standard InChI is InChI=1S/C30H32N6O2/c1-3-22-16-24(23-5-4-11-32-29(23)33-22)25-15-21(17-31)30(34-28(25)20-8-9-20)35-12-13-36(27(37)10-14-38-2)26(18-35)19-6-7-19/h3-5,11,15-16,19-20,26H,1,6-10,12-14,18H2,2H3/t26-/m0/s1. The number of anilines is 1. The van der Waals surface area contributed by atoms with E-state index in [1.54, 1.807) is 19.4 Å². The van der Waals surface area contributed by atoms with Gasteiger partial charge in [-0.05, 0) is 67.5 Å². The molecule has 38 heavy (non-hydrogen) atoms. The molecule has 2 saturated carbocycles. The van der Waals surface area contributed by atoms with E-state index in [9.17, 15) is 10.1 Å². The molecule has 8 heteroatoms. The first-order chi connectivity index (χ1) is 18.6. The van der Waals surface area contributed by atoms with Crippen LogP contribution in [0.4, 0.5) is 5.82 Å². The van der Waals surface area contributed by atoms with E-state index in [1.807, 2.05) is 29.2 Å². The second-order valence-corrected chi connectivity index (χ2v) is 10.5. The SMILES string of the molecule is C=Cc1cc(-c2cc(C#N)c(N3CCN(C(=O)CCOC)[C@H](C4CC4)C3)nc2C2CC2)c2cccnc2n1. The lowest BCUT2D eigenvalue weighted by Crippen LogP contribution is -2.56. The van der Waals surface area contributed by atoms with Crippen LogP contribution in [0.25, 0.3) is 28.2 Å². The second-order valence-electron chi connectivity index (χ2n) is 10.5. The minimum atomic E-state index is 0.149. The van der Waals surface area contributed by atoms with Crippen LogP contribution >= 0.6 is 0 Å². The van der Waals surface area contributed by atoms with Gasteiger partial charge in [-0.1, -0.05) is 6.58 Å². The van der Waals surface area contributed by atoms with Gasteiger partial charge in [0.2, 0.25) is 5.91 Å². The van der Waals surface area contributed by atoms with Crippen molar-refractivity contribution in [1.29, 1.82) is 5.26 Å². The molecule has 0 spiro atoms. The quantitative estimate of drug-likeness (QED) is 0.441. The van der Waals surface area contributed by atoms with Crippen molar-refractivity contribution in [3.63, 3.8) is 0 Å². The van der Waals surface area contributed by atoms with Crippen LogP contribution in [-0.4, -0.2) is 65.2 Å². The topological polar surface area (TPSA) is 95.2 Å². The van der Waals surface area contributed by atoms with Crippen LogP contribution in [0.5, 0.6) is 0 Å². The summed E-state index contributed by atoms with van der Waals surface area (Å²) in [4.78, 5) is 31.5. The van der Waals surface area contributed by atoms with Crippen molar-refractivity contribution >= 4 is 28.8 Å². The van der Waals surface area contributed by atoms with E-state index < -0.39 is 0 Å². The predicted molar refractivity (Wildman–Crippen MR) is 146 cm³/mol. The monoisotopic (exact) mass is 508 g/mol. The Morgan fingerprint density at radius 3 is 2.76 bits per heavy atom. The van der Waals surface area contributed by atoms with Crippen LogP contribution in [0.15, 0.2) is 37.0 Å². The number of carbonyl (C=O) groups is 1. The largest absolute Gasteiger partial charge is 0.384 e. The maximum absolute atomic E-state index is 12.9. The molecule has 8 nitrogen and oxygen atoms in total. The summed E-state index contributed by atoms with van der Waals surface area (Å²) in [6.45, 7) is 6.36. The van der Waals surface area contributed by atoms with Gasteiger partial charge in [0.25, 0.3) is 0 Å². The van der Waals surface area contributed by atoms with Crippen molar-refractivity contribution in [3.05, 3.63) is 54.0 Å². The van der Waals surface area contributed by atoms with Crippen LogP contribution in [0.2, 0.25) is 0 Å². The van der Waals surface area contributed by atoms with E-state index in [0.29, 0.717) is 55.7 Å². The second kappa shape index (κ2) is 10.1. The summed E-state index contributed by atoms with van der Waals surface area (Å²) in [7, 11) is 1.63. The van der Waals surface area contributed by atoms with Gasteiger partial charge in [0.05, 0.1) is 36.0 Å².